The van der Waals surface area contributed by atoms with E-state index in [2.05, 4.69) is 44.4 Å². The molecule has 0 saturated carbocycles. The van der Waals surface area contributed by atoms with Crippen LogP contribution in [-0.2, 0) is 4.79 Å². The summed E-state index contributed by atoms with van der Waals surface area (Å²) in [7, 11) is 0. The zero-order valence-electron chi connectivity index (χ0n) is 15.6. The van der Waals surface area contributed by atoms with E-state index in [4.69, 9.17) is 4.74 Å². The quantitative estimate of drug-likeness (QED) is 0.808. The summed E-state index contributed by atoms with van der Waals surface area (Å²) in [6, 6.07) is 6.16. The summed E-state index contributed by atoms with van der Waals surface area (Å²) in [5.74, 6) is 0.722. The van der Waals surface area contributed by atoms with Crippen molar-refractivity contribution in [3.63, 3.8) is 0 Å². The number of rotatable bonds is 4. The SMILES string of the molecule is Cc1ccc(OCC(=O)NC2CC(C)(C)NC(C)(C)C2)c(C)c1.[Cl-]. The first kappa shape index (κ1) is 20.8. The number of nitrogens with one attached hydrogen (secondary N) is 2. The maximum Gasteiger partial charge on any atom is 0.258 e. The Morgan fingerprint density at radius 2 is 1.79 bits per heavy atom. The van der Waals surface area contributed by atoms with Crippen LogP contribution in [0.2, 0.25) is 0 Å². The van der Waals surface area contributed by atoms with Gasteiger partial charge in [0.25, 0.3) is 5.91 Å². The molecule has 2 rings (SSSR count). The highest BCUT2D eigenvalue weighted by atomic mass is 35.5. The molecule has 24 heavy (non-hydrogen) atoms. The molecule has 1 heterocycles. The van der Waals surface area contributed by atoms with Crippen LogP contribution in [0.3, 0.4) is 0 Å². The smallest absolute Gasteiger partial charge is 0.258 e. The number of piperidine rings is 1. The van der Waals surface area contributed by atoms with E-state index < -0.39 is 0 Å². The normalized spacial score (nSPS) is 19.2. The van der Waals surface area contributed by atoms with Crippen molar-refractivity contribution >= 4 is 5.91 Å². The summed E-state index contributed by atoms with van der Waals surface area (Å²) in [6.07, 6.45) is 1.84. The van der Waals surface area contributed by atoms with E-state index in [1.54, 1.807) is 0 Å². The van der Waals surface area contributed by atoms with Gasteiger partial charge in [0.2, 0.25) is 0 Å². The van der Waals surface area contributed by atoms with Crippen molar-refractivity contribution in [3.8, 4) is 5.75 Å². The molecule has 5 heteroatoms. The number of benzene rings is 1. The van der Waals surface area contributed by atoms with Crippen LogP contribution in [0.4, 0.5) is 0 Å². The molecule has 1 aliphatic heterocycles. The van der Waals surface area contributed by atoms with Gasteiger partial charge >= 0.3 is 0 Å². The van der Waals surface area contributed by atoms with E-state index in [1.807, 2.05) is 26.0 Å². The largest absolute Gasteiger partial charge is 1.00 e. The molecule has 0 atom stereocenters. The van der Waals surface area contributed by atoms with Gasteiger partial charge in [-0.05, 0) is 66.0 Å². The molecule has 0 bridgehead atoms. The van der Waals surface area contributed by atoms with E-state index in [0.29, 0.717) is 0 Å². The van der Waals surface area contributed by atoms with Crippen molar-refractivity contribution in [2.24, 2.45) is 0 Å². The summed E-state index contributed by atoms with van der Waals surface area (Å²) < 4.78 is 5.67. The molecular formula is C19H30ClN2O2-. The third-order valence-corrected chi connectivity index (χ3v) is 4.24. The molecule has 1 aliphatic rings. The van der Waals surface area contributed by atoms with Gasteiger partial charge < -0.3 is 27.8 Å². The van der Waals surface area contributed by atoms with Crippen LogP contribution in [0.1, 0.15) is 51.7 Å². The zero-order chi connectivity index (χ0) is 17.3. The second kappa shape index (κ2) is 7.75. The highest BCUT2D eigenvalue weighted by molar-refractivity contribution is 5.78. The highest BCUT2D eigenvalue weighted by Crippen LogP contribution is 2.28. The first-order valence-corrected chi connectivity index (χ1v) is 8.35. The first-order valence-electron chi connectivity index (χ1n) is 8.35. The second-order valence-electron chi connectivity index (χ2n) is 8.12. The van der Waals surface area contributed by atoms with E-state index >= 15 is 0 Å². The summed E-state index contributed by atoms with van der Waals surface area (Å²) >= 11 is 0. The van der Waals surface area contributed by atoms with Crippen molar-refractivity contribution in [1.29, 1.82) is 0 Å². The number of hydrogen-bond acceptors (Lipinski definition) is 3. The van der Waals surface area contributed by atoms with Gasteiger partial charge in [-0.15, -0.1) is 0 Å². The predicted octanol–water partition coefficient (Wildman–Crippen LogP) is 0.112. The van der Waals surface area contributed by atoms with Crippen LogP contribution in [0, 0.1) is 13.8 Å². The average molecular weight is 354 g/mol. The van der Waals surface area contributed by atoms with Gasteiger partial charge in [-0.25, -0.2) is 0 Å². The Balaban J connectivity index is 0.00000288. The lowest BCUT2D eigenvalue weighted by atomic mass is 9.79. The molecule has 0 radical (unpaired) electrons. The number of amides is 1. The fraction of sp³-hybridized carbons (Fsp3) is 0.632. The van der Waals surface area contributed by atoms with E-state index in [-0.39, 0.29) is 42.0 Å². The number of aryl methyl sites for hydroxylation is 2. The molecule has 136 valence electrons. The fourth-order valence-electron chi connectivity index (χ4n) is 3.80. The molecule has 1 aromatic carbocycles. The Bertz CT molecular complexity index is 569. The topological polar surface area (TPSA) is 50.4 Å². The van der Waals surface area contributed by atoms with Gasteiger partial charge in [0.15, 0.2) is 6.61 Å². The Morgan fingerprint density at radius 3 is 2.33 bits per heavy atom. The minimum Gasteiger partial charge on any atom is -1.00 e. The summed E-state index contributed by atoms with van der Waals surface area (Å²) in [5, 5.41) is 6.75. The number of carbonyl (C=O) groups excluding carboxylic acids is 1. The van der Waals surface area contributed by atoms with E-state index in [0.717, 1.165) is 24.2 Å². The molecule has 1 saturated heterocycles. The van der Waals surface area contributed by atoms with Gasteiger partial charge in [0.05, 0.1) is 0 Å². The monoisotopic (exact) mass is 353 g/mol. The molecule has 1 aromatic rings. The van der Waals surface area contributed by atoms with Gasteiger partial charge in [-0.1, -0.05) is 17.7 Å². The highest BCUT2D eigenvalue weighted by Gasteiger charge is 2.38. The molecule has 0 spiro atoms. The van der Waals surface area contributed by atoms with Crippen LogP contribution in [0.15, 0.2) is 18.2 Å². The molecule has 2 N–H and O–H groups in total. The van der Waals surface area contributed by atoms with Crippen molar-refractivity contribution in [1.82, 2.24) is 10.6 Å². The molecule has 1 fully saturated rings. The molecule has 0 aliphatic carbocycles. The molecule has 0 aromatic heterocycles. The van der Waals surface area contributed by atoms with Crippen molar-refractivity contribution in [3.05, 3.63) is 29.3 Å². The lowest BCUT2D eigenvalue weighted by Crippen LogP contribution is -3.00. The van der Waals surface area contributed by atoms with Crippen LogP contribution in [0.25, 0.3) is 0 Å². The number of halogens is 1. The average Bonchev–Trinajstić information content (AvgIpc) is 2.33. The van der Waals surface area contributed by atoms with Crippen LogP contribution < -0.4 is 27.8 Å². The fourth-order valence-corrected chi connectivity index (χ4v) is 3.80. The van der Waals surface area contributed by atoms with Crippen LogP contribution >= 0.6 is 0 Å². The Kier molecular flexibility index (Phi) is 6.71. The minimum atomic E-state index is -0.0523. The van der Waals surface area contributed by atoms with Crippen molar-refractivity contribution in [2.75, 3.05) is 6.61 Å². The third kappa shape index (κ3) is 5.99. The summed E-state index contributed by atoms with van der Waals surface area (Å²) in [4.78, 5) is 12.2. The lowest BCUT2D eigenvalue weighted by molar-refractivity contribution is -0.124. The van der Waals surface area contributed by atoms with Gasteiger partial charge in [0.1, 0.15) is 5.75 Å². The van der Waals surface area contributed by atoms with Crippen LogP contribution in [-0.4, -0.2) is 29.6 Å². The zero-order valence-corrected chi connectivity index (χ0v) is 16.4. The standard InChI is InChI=1S/C19H30N2O2.ClH/c1-13-7-8-16(14(2)9-13)23-12-17(22)20-15-10-18(3,4)21-19(5,6)11-15;/h7-9,15,21H,10-12H2,1-6H3,(H,20,22);1H/p-1. The van der Waals surface area contributed by atoms with Gasteiger partial charge in [-0.2, -0.15) is 0 Å². The summed E-state index contributed by atoms with van der Waals surface area (Å²) in [6.45, 7) is 12.8. The molecule has 0 unspecified atom stereocenters. The maximum absolute atomic E-state index is 12.2. The molecule has 4 nitrogen and oxygen atoms in total. The predicted molar refractivity (Wildman–Crippen MR) is 93.9 cm³/mol. The third-order valence-electron chi connectivity index (χ3n) is 4.24. The van der Waals surface area contributed by atoms with Crippen molar-refractivity contribution in [2.45, 2.75) is 71.5 Å². The van der Waals surface area contributed by atoms with Gasteiger partial charge in [0, 0.05) is 17.1 Å². The number of ether oxygens (including phenoxy) is 1. The molecular weight excluding hydrogens is 324 g/mol. The summed E-state index contributed by atoms with van der Waals surface area (Å²) in [5.41, 5.74) is 2.29. The first-order chi connectivity index (χ1) is 10.6. The number of hydrogen-bond donors (Lipinski definition) is 2. The maximum atomic E-state index is 12.2. The Morgan fingerprint density at radius 1 is 1.21 bits per heavy atom. The van der Waals surface area contributed by atoms with Crippen molar-refractivity contribution < 1.29 is 21.9 Å². The molecule has 1 amide bonds. The Labute approximate surface area is 152 Å². The minimum absolute atomic E-state index is 0. The van der Waals surface area contributed by atoms with E-state index in [9.17, 15) is 4.79 Å². The van der Waals surface area contributed by atoms with Crippen LogP contribution in [0.5, 0.6) is 5.75 Å². The Hall–Kier alpha value is -1.26. The second-order valence-corrected chi connectivity index (χ2v) is 8.12. The lowest BCUT2D eigenvalue weighted by Gasteiger charge is -2.46. The number of carbonyl (C=O) groups is 1. The van der Waals surface area contributed by atoms with Gasteiger partial charge in [-0.3, -0.25) is 4.79 Å². The van der Waals surface area contributed by atoms with E-state index in [1.165, 1.54) is 5.56 Å².